The van der Waals surface area contributed by atoms with E-state index in [1.165, 1.54) is 5.56 Å². The van der Waals surface area contributed by atoms with Gasteiger partial charge in [-0.1, -0.05) is 42.5 Å². The summed E-state index contributed by atoms with van der Waals surface area (Å²) in [6, 6.07) is 14.5. The molecule has 2 aliphatic rings. The molecule has 0 radical (unpaired) electrons. The first kappa shape index (κ1) is 19.9. The van der Waals surface area contributed by atoms with E-state index < -0.39 is 17.5 Å². The summed E-state index contributed by atoms with van der Waals surface area (Å²) in [6.07, 6.45) is 1.70. The van der Waals surface area contributed by atoms with Gasteiger partial charge in [-0.2, -0.15) is 0 Å². The van der Waals surface area contributed by atoms with Crippen molar-refractivity contribution >= 4 is 17.8 Å². The first-order chi connectivity index (χ1) is 14.4. The summed E-state index contributed by atoms with van der Waals surface area (Å²) in [4.78, 5) is 39.3. The molecule has 0 saturated carbocycles. The molecule has 2 aromatic rings. The largest absolute Gasteiger partial charge is 0.496 e. The summed E-state index contributed by atoms with van der Waals surface area (Å²) in [5.74, 6) is -0.0626. The van der Waals surface area contributed by atoms with Crippen molar-refractivity contribution in [3.63, 3.8) is 0 Å². The van der Waals surface area contributed by atoms with Crippen molar-refractivity contribution in [2.75, 3.05) is 13.7 Å². The van der Waals surface area contributed by atoms with Gasteiger partial charge in [0.15, 0.2) is 0 Å². The number of para-hydroxylation sites is 1. The lowest BCUT2D eigenvalue weighted by Crippen LogP contribution is -2.51. The zero-order chi connectivity index (χ0) is 21.3. The van der Waals surface area contributed by atoms with Gasteiger partial charge >= 0.3 is 6.03 Å². The van der Waals surface area contributed by atoms with Crippen LogP contribution in [0, 0.1) is 0 Å². The number of amides is 4. The van der Waals surface area contributed by atoms with Crippen LogP contribution in [0.3, 0.4) is 0 Å². The number of nitrogens with zero attached hydrogens (tertiary/aromatic N) is 1. The van der Waals surface area contributed by atoms with Gasteiger partial charge in [0.2, 0.25) is 5.91 Å². The number of fused-ring (bicyclic) bond motifs is 1. The van der Waals surface area contributed by atoms with Gasteiger partial charge < -0.3 is 15.4 Å². The Morgan fingerprint density at radius 2 is 1.87 bits per heavy atom. The summed E-state index contributed by atoms with van der Waals surface area (Å²) >= 11 is 0. The fourth-order valence-electron chi connectivity index (χ4n) is 4.38. The molecule has 2 unspecified atom stereocenters. The van der Waals surface area contributed by atoms with E-state index in [1.54, 1.807) is 7.11 Å². The number of ether oxygens (including phenoxy) is 1. The fourth-order valence-corrected chi connectivity index (χ4v) is 4.38. The molecule has 4 rings (SSSR count). The smallest absolute Gasteiger partial charge is 0.325 e. The highest BCUT2D eigenvalue weighted by Crippen LogP contribution is 2.33. The van der Waals surface area contributed by atoms with E-state index in [9.17, 15) is 14.4 Å². The van der Waals surface area contributed by atoms with Crippen molar-refractivity contribution in [1.29, 1.82) is 0 Å². The predicted octanol–water partition coefficient (Wildman–Crippen LogP) is 2.35. The van der Waals surface area contributed by atoms with Crippen LogP contribution in [0.5, 0.6) is 5.75 Å². The molecular formula is C23H25N3O4. The van der Waals surface area contributed by atoms with Gasteiger partial charge in [-0.15, -0.1) is 0 Å². The Morgan fingerprint density at radius 1 is 1.17 bits per heavy atom. The zero-order valence-electron chi connectivity index (χ0n) is 17.1. The molecule has 7 heteroatoms. The van der Waals surface area contributed by atoms with E-state index in [0.717, 1.165) is 16.0 Å². The average molecular weight is 407 g/mol. The van der Waals surface area contributed by atoms with E-state index in [0.29, 0.717) is 25.0 Å². The van der Waals surface area contributed by atoms with Crippen LogP contribution in [0.15, 0.2) is 48.5 Å². The minimum Gasteiger partial charge on any atom is -0.496 e. The third-order valence-corrected chi connectivity index (χ3v) is 5.96. The van der Waals surface area contributed by atoms with Crippen LogP contribution in [0.2, 0.25) is 0 Å². The van der Waals surface area contributed by atoms with Crippen molar-refractivity contribution in [1.82, 2.24) is 15.5 Å². The molecule has 1 spiro atoms. The first-order valence-corrected chi connectivity index (χ1v) is 10.1. The molecule has 0 bridgehead atoms. The van der Waals surface area contributed by atoms with Crippen molar-refractivity contribution < 1.29 is 19.1 Å². The molecule has 2 N–H and O–H groups in total. The van der Waals surface area contributed by atoms with Crippen LogP contribution in [-0.2, 0) is 22.4 Å². The van der Waals surface area contributed by atoms with Crippen LogP contribution < -0.4 is 15.4 Å². The summed E-state index contributed by atoms with van der Waals surface area (Å²) in [6.45, 7) is 1.52. The number of rotatable bonds is 5. The van der Waals surface area contributed by atoms with Crippen LogP contribution in [0.1, 0.15) is 36.1 Å². The topological polar surface area (TPSA) is 87.7 Å². The minimum atomic E-state index is -0.958. The Labute approximate surface area is 175 Å². The molecule has 0 aromatic heterocycles. The van der Waals surface area contributed by atoms with Gasteiger partial charge in [-0.05, 0) is 37.0 Å². The molecule has 1 aliphatic heterocycles. The Balaban J connectivity index is 1.44. The fraction of sp³-hybridized carbons (Fsp3) is 0.348. The maximum Gasteiger partial charge on any atom is 0.325 e. The molecular weight excluding hydrogens is 382 g/mol. The normalized spacial score (nSPS) is 21.2. The maximum atomic E-state index is 13.1. The number of aryl methyl sites for hydroxylation is 1. The molecule has 1 aliphatic carbocycles. The third kappa shape index (κ3) is 3.51. The molecule has 30 heavy (non-hydrogen) atoms. The summed E-state index contributed by atoms with van der Waals surface area (Å²) in [7, 11) is 1.57. The minimum absolute atomic E-state index is 0.312. The van der Waals surface area contributed by atoms with E-state index >= 15 is 0 Å². The van der Waals surface area contributed by atoms with Gasteiger partial charge in [0.25, 0.3) is 5.91 Å². The number of hydrogen-bond donors (Lipinski definition) is 2. The number of benzene rings is 2. The second kappa shape index (κ2) is 7.82. The number of imide groups is 1. The van der Waals surface area contributed by atoms with Crippen molar-refractivity contribution in [3.05, 3.63) is 65.2 Å². The van der Waals surface area contributed by atoms with Gasteiger partial charge in [-0.3, -0.25) is 14.5 Å². The average Bonchev–Trinajstić information content (AvgIpc) is 2.97. The quantitative estimate of drug-likeness (QED) is 0.745. The van der Waals surface area contributed by atoms with Gasteiger partial charge in [0.1, 0.15) is 17.8 Å². The highest BCUT2D eigenvalue weighted by molar-refractivity contribution is 6.09. The van der Waals surface area contributed by atoms with Crippen LogP contribution >= 0.6 is 0 Å². The lowest BCUT2D eigenvalue weighted by molar-refractivity contribution is -0.135. The van der Waals surface area contributed by atoms with Crippen molar-refractivity contribution in [2.24, 2.45) is 0 Å². The third-order valence-electron chi connectivity index (χ3n) is 5.96. The number of carbonyl (C=O) groups is 3. The second-order valence-electron chi connectivity index (χ2n) is 7.88. The number of hydrogen-bond acceptors (Lipinski definition) is 4. The number of urea groups is 1. The molecule has 1 fully saturated rings. The summed E-state index contributed by atoms with van der Waals surface area (Å²) in [5, 5.41) is 5.71. The lowest BCUT2D eigenvalue weighted by Gasteiger charge is -2.32. The summed E-state index contributed by atoms with van der Waals surface area (Å²) < 4.78 is 5.34. The zero-order valence-corrected chi connectivity index (χ0v) is 17.1. The predicted molar refractivity (Wildman–Crippen MR) is 111 cm³/mol. The van der Waals surface area contributed by atoms with Crippen LogP contribution in [0.4, 0.5) is 4.79 Å². The van der Waals surface area contributed by atoms with E-state index in [4.69, 9.17) is 4.74 Å². The molecule has 2 atom stereocenters. The monoisotopic (exact) mass is 407 g/mol. The molecule has 2 aromatic carbocycles. The Kier molecular flexibility index (Phi) is 5.20. The van der Waals surface area contributed by atoms with Gasteiger partial charge in [0.05, 0.1) is 13.2 Å². The molecule has 7 nitrogen and oxygen atoms in total. The molecule has 1 heterocycles. The highest BCUT2D eigenvalue weighted by Gasteiger charge is 2.52. The van der Waals surface area contributed by atoms with E-state index in [2.05, 4.69) is 10.6 Å². The summed E-state index contributed by atoms with van der Waals surface area (Å²) in [5.41, 5.74) is 2.13. The van der Waals surface area contributed by atoms with E-state index in [1.807, 2.05) is 55.5 Å². The van der Waals surface area contributed by atoms with Crippen LogP contribution in [0.25, 0.3) is 0 Å². The Hall–Kier alpha value is -3.35. The first-order valence-electron chi connectivity index (χ1n) is 10.1. The van der Waals surface area contributed by atoms with Gasteiger partial charge in [0, 0.05) is 12.0 Å². The Morgan fingerprint density at radius 3 is 2.63 bits per heavy atom. The number of methoxy groups -OCH3 is 1. The van der Waals surface area contributed by atoms with Crippen molar-refractivity contribution in [3.8, 4) is 5.75 Å². The van der Waals surface area contributed by atoms with E-state index in [-0.39, 0.29) is 18.5 Å². The SMILES string of the molecule is COc1ccccc1C(C)NC(=O)CN1C(=O)NC2(CCc3ccccc3C2)C1=O. The second-order valence-corrected chi connectivity index (χ2v) is 7.88. The van der Waals surface area contributed by atoms with Crippen molar-refractivity contribution in [2.45, 2.75) is 37.8 Å². The molecule has 156 valence electrons. The highest BCUT2D eigenvalue weighted by atomic mass is 16.5. The number of carbonyl (C=O) groups excluding carboxylic acids is 3. The Bertz CT molecular complexity index is 1010. The van der Waals surface area contributed by atoms with Gasteiger partial charge in [-0.25, -0.2) is 4.79 Å². The standard InChI is InChI=1S/C23H25N3O4/c1-15(18-9-5-6-10-19(18)30-2)24-20(27)14-26-21(28)23(25-22(26)29)12-11-16-7-3-4-8-17(16)13-23/h3-10,15H,11-14H2,1-2H3,(H,24,27)(H,25,29). The number of nitrogens with one attached hydrogen (secondary N) is 2. The maximum absolute atomic E-state index is 13.1. The lowest BCUT2D eigenvalue weighted by atomic mass is 9.78. The molecule has 4 amide bonds. The van der Waals surface area contributed by atoms with Crippen LogP contribution in [-0.4, -0.2) is 41.9 Å². The molecule has 1 saturated heterocycles.